The van der Waals surface area contributed by atoms with Gasteiger partial charge in [-0.3, -0.25) is 9.59 Å². The molecule has 0 aliphatic carbocycles. The van der Waals surface area contributed by atoms with Gasteiger partial charge in [-0.1, -0.05) is 48.5 Å². The number of rotatable bonds is 4. The van der Waals surface area contributed by atoms with Gasteiger partial charge < -0.3 is 14.6 Å². The minimum Gasteiger partial charge on any atom is -0.465 e. The number of piperidine rings is 1. The minimum absolute atomic E-state index is 0. The fourth-order valence-electron chi connectivity index (χ4n) is 3.98. The molecule has 1 radical (unpaired) electrons. The Kier molecular flexibility index (Phi) is 7.84. The molecule has 2 aliphatic rings. The van der Waals surface area contributed by atoms with Crippen molar-refractivity contribution < 1.29 is 47.1 Å². The summed E-state index contributed by atoms with van der Waals surface area (Å²) in [5, 5.41) is 0. The Morgan fingerprint density at radius 3 is 2.33 bits per heavy atom. The van der Waals surface area contributed by atoms with Crippen LogP contribution in [-0.2, 0) is 66.5 Å². The molecule has 1 fully saturated rings. The molecule has 1 saturated heterocycles. The van der Waals surface area contributed by atoms with Gasteiger partial charge in [0.1, 0.15) is 11.7 Å². The van der Waals surface area contributed by atoms with Gasteiger partial charge in [-0.25, -0.2) is 6.54 Å². The number of aryl methyl sites for hydroxylation is 1. The quantitative estimate of drug-likeness (QED) is 0.636. The smallest absolute Gasteiger partial charge is 0.197 e. The second kappa shape index (κ2) is 10.4. The molecule has 5 nitrogen and oxygen atoms in total. The largest absolute Gasteiger partial charge is 0.465 e. The van der Waals surface area contributed by atoms with Crippen molar-refractivity contribution in [3.63, 3.8) is 0 Å². The van der Waals surface area contributed by atoms with Crippen LogP contribution in [0.3, 0.4) is 0 Å². The summed E-state index contributed by atoms with van der Waals surface area (Å²) >= 11 is 0. The van der Waals surface area contributed by atoms with Crippen LogP contribution in [0.5, 0.6) is 0 Å². The second-order valence-corrected chi connectivity index (χ2v) is 7.78. The van der Waals surface area contributed by atoms with Crippen molar-refractivity contribution in [1.82, 2.24) is 9.80 Å². The molecule has 2 aromatic rings. The maximum Gasteiger partial charge on any atom is 0.197 e. The fourth-order valence-corrected chi connectivity index (χ4v) is 3.98. The molecule has 0 saturated carbocycles. The predicted molar refractivity (Wildman–Crippen MR) is 110 cm³/mol. The van der Waals surface area contributed by atoms with E-state index in [0.29, 0.717) is 45.3 Å². The number of carbonyl (C=O) groups excluding carboxylic acids is 3. The van der Waals surface area contributed by atoms with Crippen LogP contribution < -0.4 is 0 Å². The van der Waals surface area contributed by atoms with E-state index in [2.05, 4.69) is 30.3 Å². The van der Waals surface area contributed by atoms with Crippen LogP contribution in [0.15, 0.2) is 48.5 Å². The Morgan fingerprint density at radius 2 is 1.60 bits per heavy atom. The summed E-state index contributed by atoms with van der Waals surface area (Å²) in [4.78, 5) is 39.8. The third-order valence-electron chi connectivity index (χ3n) is 5.69. The van der Waals surface area contributed by atoms with Crippen molar-refractivity contribution in [3.8, 4) is 0 Å². The van der Waals surface area contributed by atoms with Crippen LogP contribution >= 0.6 is 0 Å². The Bertz CT molecular complexity index is 919. The van der Waals surface area contributed by atoms with Gasteiger partial charge in [0.25, 0.3) is 0 Å². The molecule has 0 spiro atoms. The van der Waals surface area contributed by atoms with Crippen molar-refractivity contribution in [1.29, 1.82) is 0 Å². The van der Waals surface area contributed by atoms with E-state index in [9.17, 15) is 14.4 Å². The molecule has 0 atom stereocenters. The Hall–Kier alpha value is -1.98. The molecule has 4 rings (SSSR count). The zero-order chi connectivity index (χ0) is 20.2. The fraction of sp³-hybridized carbons (Fsp3) is 0.333. The third-order valence-corrected chi connectivity index (χ3v) is 5.69. The molecule has 2 amide bonds. The summed E-state index contributed by atoms with van der Waals surface area (Å²) in [7, 11) is 0. The monoisotopic (exact) mass is 478 g/mol. The molecular formula is C24H25N2O3Y-. The van der Waals surface area contributed by atoms with Gasteiger partial charge in [0, 0.05) is 71.6 Å². The molecule has 0 bridgehead atoms. The number of benzene rings is 2. The molecule has 153 valence electrons. The zero-order valence-electron chi connectivity index (χ0n) is 17.0. The normalized spacial score (nSPS) is 16.4. The number of carbonyl (C=O) groups is 3. The van der Waals surface area contributed by atoms with Crippen molar-refractivity contribution in [2.45, 2.75) is 38.6 Å². The first-order valence-corrected chi connectivity index (χ1v) is 10.2. The summed E-state index contributed by atoms with van der Waals surface area (Å²) in [5.74, 6) is -0.0262. The molecule has 6 heteroatoms. The van der Waals surface area contributed by atoms with Crippen LogP contribution in [0.2, 0.25) is 0 Å². The topological polar surface area (TPSA) is 57.7 Å². The van der Waals surface area contributed by atoms with E-state index in [1.165, 1.54) is 23.2 Å². The molecule has 0 aromatic heterocycles. The van der Waals surface area contributed by atoms with E-state index >= 15 is 0 Å². The average molecular weight is 478 g/mol. The van der Waals surface area contributed by atoms with Gasteiger partial charge in [-0.15, -0.1) is 0 Å². The summed E-state index contributed by atoms with van der Waals surface area (Å²) in [5.41, 5.74) is 4.71. The van der Waals surface area contributed by atoms with Crippen molar-refractivity contribution in [2.24, 2.45) is 0 Å². The molecule has 2 aliphatic heterocycles. The number of nitrogens with zero attached hydrogens (tertiary/aromatic N) is 2. The van der Waals surface area contributed by atoms with Gasteiger partial charge in [0.15, 0.2) is 5.91 Å². The van der Waals surface area contributed by atoms with E-state index in [1.54, 1.807) is 9.80 Å². The van der Waals surface area contributed by atoms with Crippen LogP contribution in [0, 0.1) is 6.54 Å². The van der Waals surface area contributed by atoms with Crippen molar-refractivity contribution >= 4 is 17.6 Å². The van der Waals surface area contributed by atoms with Gasteiger partial charge in [0.2, 0.25) is 0 Å². The predicted octanol–water partition coefficient (Wildman–Crippen LogP) is 2.90. The molecule has 0 unspecified atom stereocenters. The van der Waals surface area contributed by atoms with E-state index in [-0.39, 0.29) is 50.3 Å². The molecule has 2 heterocycles. The number of likely N-dealkylation sites (tertiary alicyclic amines) is 1. The van der Waals surface area contributed by atoms with Crippen LogP contribution in [0.1, 0.15) is 41.5 Å². The summed E-state index contributed by atoms with van der Waals surface area (Å²) in [6, 6.07) is 16.7. The van der Waals surface area contributed by atoms with Gasteiger partial charge in [0.05, 0.1) is 0 Å². The number of hydrogen-bond donors (Lipinski definition) is 0. The number of fused-ring (bicyclic) bond motifs is 1. The first-order chi connectivity index (χ1) is 14.1. The van der Waals surface area contributed by atoms with E-state index < -0.39 is 0 Å². The number of amides is 2. The Balaban J connectivity index is 0.00000256. The standard InChI is InChI=1S/C24H25N2O3.Y/c27-22-10-12-25(13-11-22)24(29)17-26-16-21-15-19(14-18-4-2-1-3-5-18)6-7-20(21)8-9-23(26)28;/h1-7,15,17H,8-14,16H2;/q-1;. The summed E-state index contributed by atoms with van der Waals surface area (Å²) < 4.78 is 0. The van der Waals surface area contributed by atoms with E-state index in [0.717, 1.165) is 12.0 Å². The summed E-state index contributed by atoms with van der Waals surface area (Å²) in [6.07, 6.45) is 2.73. The first-order valence-electron chi connectivity index (χ1n) is 10.2. The second-order valence-electron chi connectivity index (χ2n) is 7.78. The molecule has 0 N–H and O–H groups in total. The maximum absolute atomic E-state index is 12.6. The van der Waals surface area contributed by atoms with Gasteiger partial charge >= 0.3 is 0 Å². The third kappa shape index (κ3) is 5.58. The molecule has 30 heavy (non-hydrogen) atoms. The van der Waals surface area contributed by atoms with Crippen LogP contribution in [-0.4, -0.2) is 40.5 Å². The first kappa shape index (κ1) is 22.7. The van der Waals surface area contributed by atoms with Gasteiger partial charge in [-0.2, -0.15) is 0 Å². The van der Waals surface area contributed by atoms with Gasteiger partial charge in [-0.05, 0) is 35.1 Å². The molecule has 2 aromatic carbocycles. The van der Waals surface area contributed by atoms with Crippen LogP contribution in [0.4, 0.5) is 0 Å². The van der Waals surface area contributed by atoms with E-state index in [4.69, 9.17) is 0 Å². The Labute approximate surface area is 202 Å². The summed E-state index contributed by atoms with van der Waals surface area (Å²) in [6.45, 7) is 2.72. The SMILES string of the molecule is O=C1CCN(C(=O)[CH-]N2Cc3cc(Cc4ccccc4)ccc3CCC2=O)CC1.[Y]. The number of ketones is 1. The Morgan fingerprint density at radius 1 is 0.867 bits per heavy atom. The average Bonchev–Trinajstić information content (AvgIpc) is 2.88. The van der Waals surface area contributed by atoms with E-state index in [1.807, 2.05) is 18.2 Å². The van der Waals surface area contributed by atoms with Crippen LogP contribution in [0.25, 0.3) is 0 Å². The minimum atomic E-state index is -0.185. The molecular weight excluding hydrogens is 453 g/mol. The van der Waals surface area contributed by atoms with Crippen molar-refractivity contribution in [2.75, 3.05) is 13.1 Å². The number of hydrogen-bond acceptors (Lipinski definition) is 3. The van der Waals surface area contributed by atoms with Crippen molar-refractivity contribution in [3.05, 3.63) is 77.3 Å². The number of Topliss-reactive ketones (excluding diaryl/α,β-unsaturated/α-hetero) is 1. The maximum atomic E-state index is 12.6. The zero-order valence-corrected chi connectivity index (χ0v) is 19.9.